The molecular weight excluding hydrogens is 218 g/mol. The van der Waals surface area contributed by atoms with E-state index >= 15 is 0 Å². The molecule has 0 heterocycles. The SMILES string of the molecule is CCC.COC(=O)N(C)CC(=O)O.CS. The topological polar surface area (TPSA) is 66.8 Å². The Balaban J connectivity index is -0.000000245. The number of thiol groups is 1. The number of likely N-dealkylation sites (N-methyl/N-ethyl adjacent to an activating group) is 1. The molecule has 0 aliphatic heterocycles. The summed E-state index contributed by atoms with van der Waals surface area (Å²) in [5.74, 6) is -1.06. The molecule has 0 saturated carbocycles. The molecule has 0 bridgehead atoms. The first kappa shape index (κ1) is 19.6. The zero-order chi connectivity index (χ0) is 12.9. The molecule has 0 rings (SSSR count). The van der Waals surface area contributed by atoms with E-state index in [0.717, 1.165) is 4.90 Å². The molecule has 1 amide bonds. The maximum absolute atomic E-state index is 10.5. The molecule has 6 heteroatoms. The number of ether oxygens (including phenoxy) is 1. The van der Waals surface area contributed by atoms with Crippen molar-refractivity contribution in [3.8, 4) is 0 Å². The van der Waals surface area contributed by atoms with Gasteiger partial charge < -0.3 is 14.7 Å². The van der Waals surface area contributed by atoms with Gasteiger partial charge in [0.05, 0.1) is 7.11 Å². The van der Waals surface area contributed by atoms with Crippen LogP contribution in [0.5, 0.6) is 0 Å². The van der Waals surface area contributed by atoms with Crippen molar-refractivity contribution in [3.05, 3.63) is 0 Å². The number of amides is 1. The summed E-state index contributed by atoms with van der Waals surface area (Å²) >= 11 is 3.53. The summed E-state index contributed by atoms with van der Waals surface area (Å²) in [5, 5.41) is 8.18. The van der Waals surface area contributed by atoms with Crippen LogP contribution in [0.2, 0.25) is 0 Å². The molecule has 0 atom stereocenters. The van der Waals surface area contributed by atoms with E-state index in [-0.39, 0.29) is 6.54 Å². The summed E-state index contributed by atoms with van der Waals surface area (Å²) in [5.41, 5.74) is 0. The van der Waals surface area contributed by atoms with Gasteiger partial charge in [-0.1, -0.05) is 20.3 Å². The average Bonchev–Trinajstić information content (AvgIpc) is 2.20. The van der Waals surface area contributed by atoms with Gasteiger partial charge in [0.25, 0.3) is 0 Å². The van der Waals surface area contributed by atoms with Gasteiger partial charge in [0, 0.05) is 7.05 Å². The molecule has 0 saturated heterocycles. The Kier molecular flexibility index (Phi) is 20.4. The molecule has 0 unspecified atom stereocenters. The molecule has 0 fully saturated rings. The zero-order valence-corrected chi connectivity index (χ0v) is 10.9. The Bertz CT molecular complexity index is 164. The quantitative estimate of drug-likeness (QED) is 0.720. The third-order valence-corrected chi connectivity index (χ3v) is 0.859. The third kappa shape index (κ3) is 19.5. The molecule has 0 radical (unpaired) electrons. The Morgan fingerprint density at radius 3 is 1.87 bits per heavy atom. The van der Waals surface area contributed by atoms with Crippen molar-refractivity contribution in [1.29, 1.82) is 0 Å². The average molecular weight is 239 g/mol. The van der Waals surface area contributed by atoms with E-state index in [4.69, 9.17) is 5.11 Å². The van der Waals surface area contributed by atoms with Crippen molar-refractivity contribution >= 4 is 24.7 Å². The number of carbonyl (C=O) groups is 2. The number of aliphatic carboxylic acids is 1. The van der Waals surface area contributed by atoms with Gasteiger partial charge in [0.1, 0.15) is 6.54 Å². The summed E-state index contributed by atoms with van der Waals surface area (Å²) in [4.78, 5) is 21.4. The van der Waals surface area contributed by atoms with Crippen LogP contribution in [-0.2, 0) is 9.53 Å². The van der Waals surface area contributed by atoms with Crippen LogP contribution in [0.25, 0.3) is 0 Å². The van der Waals surface area contributed by atoms with Crippen LogP contribution in [0.4, 0.5) is 4.79 Å². The Morgan fingerprint density at radius 2 is 1.67 bits per heavy atom. The van der Waals surface area contributed by atoms with Crippen LogP contribution < -0.4 is 0 Å². The molecule has 92 valence electrons. The fraction of sp³-hybridized carbons (Fsp3) is 0.778. The highest BCUT2D eigenvalue weighted by Crippen LogP contribution is 1.86. The minimum atomic E-state index is -1.06. The highest BCUT2D eigenvalue weighted by Gasteiger charge is 2.10. The first-order chi connectivity index (χ1) is 6.99. The van der Waals surface area contributed by atoms with Gasteiger partial charge in [-0.2, -0.15) is 12.6 Å². The van der Waals surface area contributed by atoms with Gasteiger partial charge in [0.15, 0.2) is 0 Å². The van der Waals surface area contributed by atoms with E-state index in [0.29, 0.717) is 0 Å². The van der Waals surface area contributed by atoms with Crippen molar-refractivity contribution in [2.45, 2.75) is 20.3 Å². The van der Waals surface area contributed by atoms with Gasteiger partial charge in [-0.25, -0.2) is 4.79 Å². The summed E-state index contributed by atoms with van der Waals surface area (Å²) in [7, 11) is 2.54. The van der Waals surface area contributed by atoms with Crippen molar-refractivity contribution in [1.82, 2.24) is 4.90 Å². The highest BCUT2D eigenvalue weighted by molar-refractivity contribution is 7.79. The number of methoxy groups -OCH3 is 1. The lowest BCUT2D eigenvalue weighted by molar-refractivity contribution is -0.137. The number of nitrogens with zero attached hydrogens (tertiary/aromatic N) is 1. The van der Waals surface area contributed by atoms with Crippen molar-refractivity contribution in [2.75, 3.05) is 27.0 Å². The molecule has 0 spiro atoms. The molecule has 0 aromatic heterocycles. The van der Waals surface area contributed by atoms with Gasteiger partial charge in [-0.15, -0.1) is 0 Å². The minimum absolute atomic E-state index is 0.341. The molecule has 1 N–H and O–H groups in total. The minimum Gasteiger partial charge on any atom is -0.480 e. The van der Waals surface area contributed by atoms with E-state index in [2.05, 4.69) is 31.2 Å². The predicted molar refractivity (Wildman–Crippen MR) is 63.5 cm³/mol. The molecule has 15 heavy (non-hydrogen) atoms. The van der Waals surface area contributed by atoms with Crippen molar-refractivity contribution < 1.29 is 19.4 Å². The summed E-state index contributed by atoms with van der Waals surface area (Å²) in [6, 6.07) is 0. The van der Waals surface area contributed by atoms with Crippen molar-refractivity contribution in [3.63, 3.8) is 0 Å². The van der Waals surface area contributed by atoms with Crippen LogP contribution in [-0.4, -0.2) is 49.0 Å². The van der Waals surface area contributed by atoms with Crippen LogP contribution >= 0.6 is 12.6 Å². The standard InChI is InChI=1S/C5H9NO4.C3H8.CH4S/c1-6(3-4(7)8)5(9)10-2;1-3-2;1-2/h3H2,1-2H3,(H,7,8);3H2,1-2H3;2H,1H3. The number of hydrogen-bond donors (Lipinski definition) is 2. The number of rotatable bonds is 2. The lowest BCUT2D eigenvalue weighted by atomic mass is 10.6. The molecular formula is C9H21NO4S. The molecule has 0 aromatic carbocycles. The van der Waals surface area contributed by atoms with E-state index in [9.17, 15) is 9.59 Å². The predicted octanol–water partition coefficient (Wildman–Crippen LogP) is 1.73. The summed E-state index contributed by atoms with van der Waals surface area (Å²) < 4.78 is 4.24. The van der Waals surface area contributed by atoms with Crippen LogP contribution in [0, 0.1) is 0 Å². The van der Waals surface area contributed by atoms with Gasteiger partial charge in [-0.05, 0) is 6.26 Å². The highest BCUT2D eigenvalue weighted by atomic mass is 32.1. The lowest BCUT2D eigenvalue weighted by Crippen LogP contribution is -2.31. The van der Waals surface area contributed by atoms with E-state index in [1.807, 2.05) is 0 Å². The maximum Gasteiger partial charge on any atom is 0.409 e. The molecule has 0 aliphatic rings. The third-order valence-electron chi connectivity index (χ3n) is 0.859. The normalized spacial score (nSPS) is 7.33. The zero-order valence-electron chi connectivity index (χ0n) is 9.98. The molecule has 0 aromatic rings. The second-order valence-electron chi connectivity index (χ2n) is 2.43. The number of carboxylic acid groups (broad SMARTS) is 1. The molecule has 5 nitrogen and oxygen atoms in total. The summed E-state index contributed by atoms with van der Waals surface area (Å²) in [6.45, 7) is 3.91. The van der Waals surface area contributed by atoms with Crippen molar-refractivity contribution in [2.24, 2.45) is 0 Å². The smallest absolute Gasteiger partial charge is 0.409 e. The van der Waals surface area contributed by atoms with Gasteiger partial charge in [-0.3, -0.25) is 4.79 Å². The second kappa shape index (κ2) is 15.6. The van der Waals surface area contributed by atoms with E-state index < -0.39 is 12.1 Å². The fourth-order valence-corrected chi connectivity index (χ4v) is 0.423. The number of carbonyl (C=O) groups excluding carboxylic acids is 1. The Hall–Kier alpha value is -0.910. The largest absolute Gasteiger partial charge is 0.480 e. The van der Waals surface area contributed by atoms with Crippen LogP contribution in [0.15, 0.2) is 0 Å². The van der Waals surface area contributed by atoms with E-state index in [1.165, 1.54) is 20.6 Å². The summed E-state index contributed by atoms with van der Waals surface area (Å²) in [6.07, 6.45) is 2.29. The van der Waals surface area contributed by atoms with Crippen LogP contribution in [0.1, 0.15) is 20.3 Å². The van der Waals surface area contributed by atoms with Crippen LogP contribution in [0.3, 0.4) is 0 Å². The second-order valence-corrected chi connectivity index (χ2v) is 2.43. The Labute approximate surface area is 96.8 Å². The van der Waals surface area contributed by atoms with E-state index in [1.54, 1.807) is 6.26 Å². The fourth-order valence-electron chi connectivity index (χ4n) is 0.423. The first-order valence-electron chi connectivity index (χ1n) is 4.45. The molecule has 0 aliphatic carbocycles. The monoisotopic (exact) mass is 239 g/mol. The number of hydrogen-bond acceptors (Lipinski definition) is 4. The number of carboxylic acids is 1. The van der Waals surface area contributed by atoms with Gasteiger partial charge >= 0.3 is 12.1 Å². The van der Waals surface area contributed by atoms with Gasteiger partial charge in [0.2, 0.25) is 0 Å². The lowest BCUT2D eigenvalue weighted by Gasteiger charge is -2.11. The maximum atomic E-state index is 10.5. The Morgan fingerprint density at radius 1 is 1.33 bits per heavy atom. The first-order valence-corrected chi connectivity index (χ1v) is 5.34.